The average molecular weight is 385 g/mol. The van der Waals surface area contributed by atoms with Crippen LogP contribution in [0.2, 0.25) is 0 Å². The van der Waals surface area contributed by atoms with Crippen molar-refractivity contribution in [1.82, 2.24) is 20.4 Å². The normalized spacial score (nSPS) is 15.1. The monoisotopic (exact) mass is 385 g/mol. The Hall–Kier alpha value is -2.94. The van der Waals surface area contributed by atoms with Crippen molar-refractivity contribution >= 4 is 23.2 Å². The smallest absolute Gasteiger partial charge is 0.273 e. The SMILES string of the molecule is Cc1cc(=O)[nH]c(N2CCC(NC(=O)c3cc(-c4cccs4)on3)CC2)n1. The van der Waals surface area contributed by atoms with E-state index >= 15 is 0 Å². The first-order chi connectivity index (χ1) is 13.1. The number of nitrogens with one attached hydrogen (secondary N) is 2. The molecular formula is C18H19N5O3S. The molecule has 4 rings (SSSR count). The number of rotatable bonds is 4. The number of hydrogen-bond acceptors (Lipinski definition) is 7. The Balaban J connectivity index is 1.35. The summed E-state index contributed by atoms with van der Waals surface area (Å²) in [6.07, 6.45) is 1.53. The van der Waals surface area contributed by atoms with Crippen LogP contribution in [0.3, 0.4) is 0 Å². The Labute approximate surface area is 159 Å². The molecule has 1 amide bonds. The van der Waals surface area contributed by atoms with Gasteiger partial charge in [0.2, 0.25) is 5.95 Å². The Morgan fingerprint density at radius 1 is 1.37 bits per heavy atom. The molecule has 4 heterocycles. The van der Waals surface area contributed by atoms with Crippen molar-refractivity contribution in [3.8, 4) is 10.6 Å². The van der Waals surface area contributed by atoms with Gasteiger partial charge in [-0.2, -0.15) is 0 Å². The Morgan fingerprint density at radius 3 is 2.89 bits per heavy atom. The molecule has 0 saturated carbocycles. The van der Waals surface area contributed by atoms with E-state index in [1.807, 2.05) is 22.4 Å². The van der Waals surface area contributed by atoms with Gasteiger partial charge in [0.05, 0.1) is 4.88 Å². The molecule has 8 nitrogen and oxygen atoms in total. The standard InChI is InChI=1S/C18H19N5O3S/c1-11-9-16(24)21-18(19-11)23-6-4-12(5-7-23)20-17(25)13-10-14(26-22-13)15-3-2-8-27-15/h2-3,8-10,12H,4-7H2,1H3,(H,20,25)(H,19,21,24). The van der Waals surface area contributed by atoms with E-state index in [0.29, 0.717) is 30.5 Å². The van der Waals surface area contributed by atoms with E-state index in [1.54, 1.807) is 13.0 Å². The summed E-state index contributed by atoms with van der Waals surface area (Å²) in [6.45, 7) is 3.21. The molecule has 2 N–H and O–H groups in total. The van der Waals surface area contributed by atoms with Crippen molar-refractivity contribution in [3.63, 3.8) is 0 Å². The zero-order valence-electron chi connectivity index (χ0n) is 14.8. The van der Waals surface area contributed by atoms with Crippen LogP contribution >= 0.6 is 11.3 Å². The first kappa shape index (κ1) is 17.5. The number of amides is 1. The molecule has 140 valence electrons. The zero-order chi connectivity index (χ0) is 18.8. The summed E-state index contributed by atoms with van der Waals surface area (Å²) < 4.78 is 5.27. The summed E-state index contributed by atoms with van der Waals surface area (Å²) in [5.74, 6) is 0.948. The molecule has 1 aliphatic heterocycles. The minimum absolute atomic E-state index is 0.0483. The summed E-state index contributed by atoms with van der Waals surface area (Å²) in [6, 6.07) is 7.03. The topological polar surface area (TPSA) is 104 Å². The highest BCUT2D eigenvalue weighted by Crippen LogP contribution is 2.25. The number of carbonyl (C=O) groups excluding carboxylic acids is 1. The number of piperidine rings is 1. The number of thiophene rings is 1. The quantitative estimate of drug-likeness (QED) is 0.713. The lowest BCUT2D eigenvalue weighted by atomic mass is 10.1. The van der Waals surface area contributed by atoms with Crippen LogP contribution in [-0.2, 0) is 0 Å². The molecule has 0 atom stereocenters. The molecule has 0 radical (unpaired) electrons. The number of aromatic amines is 1. The van der Waals surface area contributed by atoms with E-state index in [-0.39, 0.29) is 23.2 Å². The van der Waals surface area contributed by atoms with Crippen molar-refractivity contribution in [1.29, 1.82) is 0 Å². The van der Waals surface area contributed by atoms with E-state index in [2.05, 4.69) is 20.4 Å². The van der Waals surface area contributed by atoms with Crippen molar-refractivity contribution in [2.45, 2.75) is 25.8 Å². The predicted molar refractivity (Wildman–Crippen MR) is 102 cm³/mol. The van der Waals surface area contributed by atoms with E-state index < -0.39 is 0 Å². The van der Waals surface area contributed by atoms with Crippen molar-refractivity contribution in [2.24, 2.45) is 0 Å². The van der Waals surface area contributed by atoms with Gasteiger partial charge in [-0.15, -0.1) is 11.3 Å². The maximum absolute atomic E-state index is 12.4. The number of carbonyl (C=O) groups is 1. The van der Waals surface area contributed by atoms with Gasteiger partial charge in [0.1, 0.15) is 0 Å². The van der Waals surface area contributed by atoms with Gasteiger partial charge in [-0.05, 0) is 31.2 Å². The Kier molecular flexibility index (Phi) is 4.76. The van der Waals surface area contributed by atoms with Crippen molar-refractivity contribution < 1.29 is 9.32 Å². The fourth-order valence-corrected chi connectivity index (χ4v) is 3.80. The van der Waals surface area contributed by atoms with E-state index in [0.717, 1.165) is 17.7 Å². The number of hydrogen-bond donors (Lipinski definition) is 2. The number of aromatic nitrogens is 3. The van der Waals surface area contributed by atoms with Crippen LogP contribution < -0.4 is 15.8 Å². The van der Waals surface area contributed by atoms with Crippen LogP contribution in [-0.4, -0.2) is 40.2 Å². The molecule has 0 bridgehead atoms. The van der Waals surface area contributed by atoms with Crippen LogP contribution in [0.1, 0.15) is 29.0 Å². The van der Waals surface area contributed by atoms with Crippen LogP contribution in [0, 0.1) is 6.92 Å². The van der Waals surface area contributed by atoms with Gasteiger partial charge in [0, 0.05) is 37.0 Å². The summed E-state index contributed by atoms with van der Waals surface area (Å²) >= 11 is 1.53. The number of H-pyrrole nitrogens is 1. The van der Waals surface area contributed by atoms with E-state index in [4.69, 9.17) is 4.52 Å². The third-order valence-electron chi connectivity index (χ3n) is 4.49. The first-order valence-corrected chi connectivity index (χ1v) is 9.61. The molecule has 1 fully saturated rings. The van der Waals surface area contributed by atoms with E-state index in [9.17, 15) is 9.59 Å². The average Bonchev–Trinajstić information content (AvgIpc) is 3.33. The lowest BCUT2D eigenvalue weighted by molar-refractivity contribution is 0.0922. The van der Waals surface area contributed by atoms with Gasteiger partial charge in [-0.3, -0.25) is 14.6 Å². The molecule has 27 heavy (non-hydrogen) atoms. The molecule has 0 unspecified atom stereocenters. The highest BCUT2D eigenvalue weighted by molar-refractivity contribution is 7.13. The highest BCUT2D eigenvalue weighted by Gasteiger charge is 2.24. The fourth-order valence-electron chi connectivity index (χ4n) is 3.13. The second-order valence-corrected chi connectivity index (χ2v) is 7.45. The highest BCUT2D eigenvalue weighted by atomic mass is 32.1. The lowest BCUT2D eigenvalue weighted by Crippen LogP contribution is -2.45. The zero-order valence-corrected chi connectivity index (χ0v) is 15.6. The molecular weight excluding hydrogens is 366 g/mol. The first-order valence-electron chi connectivity index (χ1n) is 8.73. The Morgan fingerprint density at radius 2 is 2.19 bits per heavy atom. The number of nitrogens with zero attached hydrogens (tertiary/aromatic N) is 3. The molecule has 1 aliphatic rings. The van der Waals surface area contributed by atoms with Gasteiger partial charge in [0.15, 0.2) is 11.5 Å². The number of aryl methyl sites for hydroxylation is 1. The summed E-state index contributed by atoms with van der Waals surface area (Å²) in [5, 5.41) is 8.84. The van der Waals surface area contributed by atoms with Gasteiger partial charge in [-0.25, -0.2) is 4.98 Å². The third-order valence-corrected chi connectivity index (χ3v) is 5.38. The van der Waals surface area contributed by atoms with Crippen molar-refractivity contribution in [3.05, 3.63) is 51.4 Å². The van der Waals surface area contributed by atoms with E-state index in [1.165, 1.54) is 17.4 Å². The summed E-state index contributed by atoms with van der Waals surface area (Å²) in [7, 11) is 0. The van der Waals surface area contributed by atoms with Gasteiger partial charge < -0.3 is 14.7 Å². The minimum Gasteiger partial charge on any atom is -0.355 e. The summed E-state index contributed by atoms with van der Waals surface area (Å²) in [4.78, 5) is 34.2. The summed E-state index contributed by atoms with van der Waals surface area (Å²) in [5.41, 5.74) is 0.822. The molecule has 1 saturated heterocycles. The molecule has 3 aromatic heterocycles. The Bertz CT molecular complexity index is 987. The van der Waals surface area contributed by atoms with Crippen molar-refractivity contribution in [2.75, 3.05) is 18.0 Å². The lowest BCUT2D eigenvalue weighted by Gasteiger charge is -2.32. The molecule has 0 aliphatic carbocycles. The van der Waals surface area contributed by atoms with Crippen LogP contribution in [0.25, 0.3) is 10.6 Å². The van der Waals surface area contributed by atoms with Crippen LogP contribution in [0.15, 0.2) is 39.0 Å². The molecule has 3 aromatic rings. The minimum atomic E-state index is -0.234. The second-order valence-electron chi connectivity index (χ2n) is 6.50. The predicted octanol–water partition coefficient (Wildman–Crippen LogP) is 2.19. The van der Waals surface area contributed by atoms with Gasteiger partial charge >= 0.3 is 0 Å². The molecule has 9 heteroatoms. The van der Waals surface area contributed by atoms with Crippen LogP contribution in [0.5, 0.6) is 0 Å². The fraction of sp³-hybridized carbons (Fsp3) is 0.333. The second kappa shape index (κ2) is 7.36. The largest absolute Gasteiger partial charge is 0.355 e. The molecule has 0 spiro atoms. The van der Waals surface area contributed by atoms with Gasteiger partial charge in [-0.1, -0.05) is 11.2 Å². The molecule has 0 aromatic carbocycles. The maximum Gasteiger partial charge on any atom is 0.273 e. The third kappa shape index (κ3) is 3.92. The van der Waals surface area contributed by atoms with Crippen LogP contribution in [0.4, 0.5) is 5.95 Å². The number of anilines is 1. The van der Waals surface area contributed by atoms with Gasteiger partial charge in [0.25, 0.3) is 11.5 Å². The maximum atomic E-state index is 12.4.